The predicted octanol–water partition coefficient (Wildman–Crippen LogP) is 4.65. The Morgan fingerprint density at radius 2 is 1.76 bits per heavy atom. The van der Waals surface area contributed by atoms with Crippen molar-refractivity contribution in [3.05, 3.63) is 53.1 Å². The van der Waals surface area contributed by atoms with Crippen LogP contribution in [0.4, 0.5) is 5.69 Å². The topological polar surface area (TPSA) is 46.6 Å². The number of aryl methyl sites for hydroxylation is 1. The van der Waals surface area contributed by atoms with Crippen molar-refractivity contribution in [1.29, 1.82) is 0 Å². The second-order valence-electron chi connectivity index (χ2n) is 7.42. The Morgan fingerprint density at radius 3 is 2.36 bits per heavy atom. The van der Waals surface area contributed by atoms with Crippen LogP contribution in [0.3, 0.4) is 0 Å². The summed E-state index contributed by atoms with van der Waals surface area (Å²) in [5.41, 5.74) is 1.27. The molecule has 0 amide bonds. The van der Waals surface area contributed by atoms with Crippen molar-refractivity contribution < 1.29 is 13.2 Å². The van der Waals surface area contributed by atoms with E-state index in [4.69, 9.17) is 16.3 Å². The van der Waals surface area contributed by atoms with Gasteiger partial charge in [-0.15, -0.1) is 0 Å². The molecule has 134 valence electrons. The summed E-state index contributed by atoms with van der Waals surface area (Å²) in [4.78, 5) is 0.223. The third kappa shape index (κ3) is 3.35. The average molecular weight is 380 g/mol. The van der Waals surface area contributed by atoms with Crippen LogP contribution in [0, 0.1) is 12.3 Å². The third-order valence-corrected chi connectivity index (χ3v) is 6.49. The van der Waals surface area contributed by atoms with Crippen LogP contribution < -0.4 is 9.04 Å². The fraction of sp³-hybridized carbons (Fsp3) is 0.368. The highest BCUT2D eigenvalue weighted by atomic mass is 35.5. The Bertz CT molecular complexity index is 886. The third-order valence-electron chi connectivity index (χ3n) is 4.40. The molecule has 0 saturated heterocycles. The standard InChI is InChI=1S/C19H22ClNO3S/c1-13-5-10-17-16(11-13)21(18(12-24-17)19(2,3)4)25(22,23)15-8-6-14(20)7-9-15/h5-11,18H,12H2,1-4H3/t18-/m0/s1. The molecule has 2 aromatic carbocycles. The fourth-order valence-corrected chi connectivity index (χ4v) is 4.89. The molecule has 0 radical (unpaired) electrons. The summed E-state index contributed by atoms with van der Waals surface area (Å²) in [6, 6.07) is 11.6. The molecule has 0 saturated carbocycles. The minimum Gasteiger partial charge on any atom is -0.489 e. The molecule has 4 nitrogen and oxygen atoms in total. The largest absolute Gasteiger partial charge is 0.489 e. The molecule has 0 fully saturated rings. The predicted molar refractivity (Wildman–Crippen MR) is 101 cm³/mol. The summed E-state index contributed by atoms with van der Waals surface area (Å²) in [5, 5.41) is 0.504. The molecule has 1 atom stereocenters. The zero-order valence-corrected chi connectivity index (χ0v) is 16.4. The van der Waals surface area contributed by atoms with E-state index in [1.807, 2.05) is 45.9 Å². The number of rotatable bonds is 2. The number of nitrogens with zero attached hydrogens (tertiary/aromatic N) is 1. The van der Waals surface area contributed by atoms with Gasteiger partial charge in [-0.1, -0.05) is 38.4 Å². The number of halogens is 1. The second kappa shape index (κ2) is 6.22. The zero-order valence-electron chi connectivity index (χ0n) is 14.8. The van der Waals surface area contributed by atoms with Crippen molar-refractivity contribution in [1.82, 2.24) is 0 Å². The van der Waals surface area contributed by atoms with Crippen LogP contribution >= 0.6 is 11.6 Å². The van der Waals surface area contributed by atoms with E-state index in [0.717, 1.165) is 5.56 Å². The van der Waals surface area contributed by atoms with Crippen molar-refractivity contribution in [2.45, 2.75) is 38.6 Å². The summed E-state index contributed by atoms with van der Waals surface area (Å²) >= 11 is 5.92. The quantitative estimate of drug-likeness (QED) is 0.762. The van der Waals surface area contributed by atoms with E-state index in [1.165, 1.54) is 4.31 Å². The van der Waals surface area contributed by atoms with Gasteiger partial charge in [0.15, 0.2) is 0 Å². The highest BCUT2D eigenvalue weighted by molar-refractivity contribution is 7.92. The Kier molecular flexibility index (Phi) is 4.50. The van der Waals surface area contributed by atoms with Crippen LogP contribution in [-0.2, 0) is 10.0 Å². The number of hydrogen-bond donors (Lipinski definition) is 0. The van der Waals surface area contributed by atoms with Gasteiger partial charge in [-0.3, -0.25) is 4.31 Å². The van der Waals surface area contributed by atoms with Crippen molar-refractivity contribution in [2.75, 3.05) is 10.9 Å². The molecule has 0 spiro atoms. The van der Waals surface area contributed by atoms with Gasteiger partial charge in [0.2, 0.25) is 0 Å². The van der Waals surface area contributed by atoms with Crippen molar-refractivity contribution in [3.8, 4) is 5.75 Å². The lowest BCUT2D eigenvalue weighted by Gasteiger charge is -2.43. The molecule has 25 heavy (non-hydrogen) atoms. The monoisotopic (exact) mass is 379 g/mol. The van der Waals surface area contributed by atoms with Gasteiger partial charge in [-0.05, 0) is 54.3 Å². The summed E-state index contributed by atoms with van der Waals surface area (Å²) in [7, 11) is -3.75. The molecule has 2 aromatic rings. The van der Waals surface area contributed by atoms with E-state index in [1.54, 1.807) is 24.3 Å². The fourth-order valence-electron chi connectivity index (χ4n) is 2.94. The summed E-state index contributed by atoms with van der Waals surface area (Å²) in [5.74, 6) is 0.587. The molecule has 1 heterocycles. The van der Waals surface area contributed by atoms with Crippen molar-refractivity contribution >= 4 is 27.3 Å². The lowest BCUT2D eigenvalue weighted by Crippen LogP contribution is -2.53. The number of benzene rings is 2. The van der Waals surface area contributed by atoms with E-state index in [-0.39, 0.29) is 16.4 Å². The first-order valence-electron chi connectivity index (χ1n) is 8.14. The molecule has 0 aliphatic carbocycles. The number of hydrogen-bond acceptors (Lipinski definition) is 3. The molecular weight excluding hydrogens is 358 g/mol. The molecule has 3 rings (SSSR count). The van der Waals surface area contributed by atoms with E-state index in [9.17, 15) is 8.42 Å². The van der Waals surface area contributed by atoms with Gasteiger partial charge in [0.25, 0.3) is 10.0 Å². The second-order valence-corrected chi connectivity index (χ2v) is 9.67. The van der Waals surface area contributed by atoms with Crippen LogP contribution in [0.15, 0.2) is 47.4 Å². The van der Waals surface area contributed by atoms with E-state index in [0.29, 0.717) is 23.1 Å². The Labute approximate surface area is 154 Å². The zero-order chi connectivity index (χ0) is 18.4. The van der Waals surface area contributed by atoms with E-state index in [2.05, 4.69) is 0 Å². The normalized spacial score (nSPS) is 17.8. The average Bonchev–Trinajstić information content (AvgIpc) is 2.53. The van der Waals surface area contributed by atoms with Gasteiger partial charge in [0, 0.05) is 5.02 Å². The lowest BCUT2D eigenvalue weighted by atomic mass is 9.86. The lowest BCUT2D eigenvalue weighted by molar-refractivity contribution is 0.193. The van der Waals surface area contributed by atoms with Gasteiger partial charge >= 0.3 is 0 Å². The van der Waals surface area contributed by atoms with E-state index >= 15 is 0 Å². The molecule has 0 bridgehead atoms. The van der Waals surface area contributed by atoms with Gasteiger partial charge in [-0.2, -0.15) is 0 Å². The van der Waals surface area contributed by atoms with Crippen molar-refractivity contribution in [3.63, 3.8) is 0 Å². The maximum Gasteiger partial charge on any atom is 0.264 e. The Morgan fingerprint density at radius 1 is 1.12 bits per heavy atom. The number of anilines is 1. The van der Waals surface area contributed by atoms with Crippen LogP contribution in [0.2, 0.25) is 5.02 Å². The van der Waals surface area contributed by atoms with E-state index < -0.39 is 10.0 Å². The highest BCUT2D eigenvalue weighted by Crippen LogP contribution is 2.42. The van der Waals surface area contributed by atoms with Crippen LogP contribution in [0.1, 0.15) is 26.3 Å². The minimum atomic E-state index is -3.75. The first-order chi connectivity index (χ1) is 11.6. The molecule has 0 unspecified atom stereocenters. The van der Waals surface area contributed by atoms with Gasteiger partial charge in [0.1, 0.15) is 12.4 Å². The highest BCUT2D eigenvalue weighted by Gasteiger charge is 2.42. The SMILES string of the molecule is Cc1ccc2c(c1)N(S(=O)(=O)c1ccc(Cl)cc1)[C@H](C(C)(C)C)CO2. The molecular formula is C19H22ClNO3S. The van der Waals surface area contributed by atoms with Gasteiger partial charge in [-0.25, -0.2) is 8.42 Å². The maximum atomic E-state index is 13.5. The van der Waals surface area contributed by atoms with Gasteiger partial charge < -0.3 is 4.74 Å². The number of sulfonamides is 1. The molecule has 6 heteroatoms. The smallest absolute Gasteiger partial charge is 0.264 e. The molecule has 1 aliphatic heterocycles. The van der Waals surface area contributed by atoms with Crippen LogP contribution in [0.5, 0.6) is 5.75 Å². The first kappa shape index (κ1) is 18.1. The summed E-state index contributed by atoms with van der Waals surface area (Å²) in [6.45, 7) is 8.31. The van der Waals surface area contributed by atoms with Crippen molar-refractivity contribution in [2.24, 2.45) is 5.41 Å². The Balaban J connectivity index is 2.21. The first-order valence-corrected chi connectivity index (χ1v) is 9.96. The maximum absolute atomic E-state index is 13.5. The minimum absolute atomic E-state index is 0.223. The van der Waals surface area contributed by atoms with Crippen LogP contribution in [-0.4, -0.2) is 21.1 Å². The molecule has 1 aliphatic rings. The Hall–Kier alpha value is -1.72. The molecule has 0 N–H and O–H groups in total. The van der Waals surface area contributed by atoms with Crippen LogP contribution in [0.25, 0.3) is 0 Å². The van der Waals surface area contributed by atoms with Gasteiger partial charge in [0.05, 0.1) is 16.6 Å². The number of fused-ring (bicyclic) bond motifs is 1. The molecule has 0 aromatic heterocycles. The summed E-state index contributed by atoms with van der Waals surface area (Å²) in [6.07, 6.45) is 0. The summed E-state index contributed by atoms with van der Waals surface area (Å²) < 4.78 is 34.3. The number of ether oxygens (including phenoxy) is 1.